The van der Waals surface area contributed by atoms with Crippen molar-refractivity contribution in [1.29, 1.82) is 0 Å². The Kier molecular flexibility index (Phi) is 5.11. The molecule has 2 aromatic heterocycles. The molecule has 2 amide bonds. The number of rotatable bonds is 4. The maximum absolute atomic E-state index is 12.8. The molecule has 1 aromatic carbocycles. The van der Waals surface area contributed by atoms with Gasteiger partial charge in [-0.25, -0.2) is 4.98 Å². The van der Waals surface area contributed by atoms with Crippen LogP contribution in [0.3, 0.4) is 0 Å². The molecule has 0 unspecified atom stereocenters. The van der Waals surface area contributed by atoms with Gasteiger partial charge in [0.2, 0.25) is 11.8 Å². The number of likely N-dealkylation sites (tertiary alicyclic amines) is 1. The fourth-order valence-electron chi connectivity index (χ4n) is 3.61. The first-order valence-corrected chi connectivity index (χ1v) is 9.54. The van der Waals surface area contributed by atoms with E-state index in [0.717, 1.165) is 18.5 Å². The van der Waals surface area contributed by atoms with Crippen molar-refractivity contribution in [2.45, 2.75) is 19.4 Å². The Morgan fingerprint density at radius 2 is 2.03 bits per heavy atom. The Balaban J connectivity index is 1.43. The summed E-state index contributed by atoms with van der Waals surface area (Å²) in [5.41, 5.74) is 0.921. The van der Waals surface area contributed by atoms with Crippen LogP contribution in [-0.4, -0.2) is 49.1 Å². The maximum Gasteiger partial charge on any atom is 0.264 e. The van der Waals surface area contributed by atoms with Crippen LogP contribution >= 0.6 is 0 Å². The van der Waals surface area contributed by atoms with Crippen molar-refractivity contribution in [2.75, 3.05) is 18.4 Å². The maximum atomic E-state index is 12.8. The lowest BCUT2D eigenvalue weighted by molar-refractivity contribution is -0.135. The zero-order valence-corrected chi connectivity index (χ0v) is 16.1. The lowest BCUT2D eigenvalue weighted by Gasteiger charge is -2.32. The van der Waals surface area contributed by atoms with Gasteiger partial charge in [-0.3, -0.25) is 23.6 Å². The van der Waals surface area contributed by atoms with Crippen molar-refractivity contribution in [3.63, 3.8) is 0 Å². The van der Waals surface area contributed by atoms with Crippen LogP contribution in [0.25, 0.3) is 11.0 Å². The minimum absolute atomic E-state index is 0.0932. The molecule has 0 bridgehead atoms. The molecule has 1 aliphatic rings. The Morgan fingerprint density at radius 1 is 1.24 bits per heavy atom. The van der Waals surface area contributed by atoms with E-state index in [0.29, 0.717) is 24.1 Å². The first kappa shape index (κ1) is 18.9. The molecule has 9 nitrogen and oxygen atoms in total. The summed E-state index contributed by atoms with van der Waals surface area (Å²) in [4.78, 5) is 43.8. The Hall–Kier alpha value is -3.49. The number of amides is 2. The monoisotopic (exact) mass is 394 g/mol. The Morgan fingerprint density at radius 3 is 2.83 bits per heavy atom. The van der Waals surface area contributed by atoms with Gasteiger partial charge in [-0.15, -0.1) is 0 Å². The molecule has 1 fully saturated rings. The molecular weight excluding hydrogens is 372 g/mol. The summed E-state index contributed by atoms with van der Waals surface area (Å²) in [5.74, 6) is -0.567. The number of carbonyl (C=O) groups excluding carboxylic acids is 2. The lowest BCUT2D eigenvalue weighted by Crippen LogP contribution is -2.45. The molecule has 9 heteroatoms. The largest absolute Gasteiger partial charge is 0.340 e. The number of benzene rings is 1. The second-order valence-corrected chi connectivity index (χ2v) is 7.22. The zero-order valence-electron chi connectivity index (χ0n) is 16.1. The molecule has 3 aromatic rings. The number of anilines is 1. The van der Waals surface area contributed by atoms with Crippen molar-refractivity contribution in [3.8, 4) is 0 Å². The van der Waals surface area contributed by atoms with Gasteiger partial charge in [0.05, 0.1) is 12.1 Å². The van der Waals surface area contributed by atoms with Gasteiger partial charge < -0.3 is 10.2 Å². The minimum atomic E-state index is -0.299. The Labute approximate surface area is 166 Å². The van der Waals surface area contributed by atoms with E-state index in [1.54, 1.807) is 11.9 Å². The highest BCUT2D eigenvalue weighted by molar-refractivity contribution is 5.93. The summed E-state index contributed by atoms with van der Waals surface area (Å²) in [7, 11) is 1.71. The van der Waals surface area contributed by atoms with Crippen LogP contribution in [0, 0.1) is 5.92 Å². The van der Waals surface area contributed by atoms with E-state index in [4.69, 9.17) is 0 Å². The van der Waals surface area contributed by atoms with E-state index < -0.39 is 0 Å². The third-order valence-corrected chi connectivity index (χ3v) is 5.21. The summed E-state index contributed by atoms with van der Waals surface area (Å²) in [6.45, 7) is 0.809. The number of para-hydroxylation sites is 1. The van der Waals surface area contributed by atoms with Crippen LogP contribution in [0.15, 0.2) is 47.7 Å². The smallest absolute Gasteiger partial charge is 0.264 e. The van der Waals surface area contributed by atoms with Crippen LogP contribution in [0.5, 0.6) is 0 Å². The van der Waals surface area contributed by atoms with E-state index in [2.05, 4.69) is 15.4 Å². The number of carbonyl (C=O) groups is 2. The van der Waals surface area contributed by atoms with Crippen LogP contribution in [-0.2, 0) is 23.2 Å². The van der Waals surface area contributed by atoms with E-state index in [1.807, 2.05) is 30.3 Å². The van der Waals surface area contributed by atoms with Gasteiger partial charge in [-0.05, 0) is 25.0 Å². The van der Waals surface area contributed by atoms with E-state index >= 15 is 0 Å². The van der Waals surface area contributed by atoms with Gasteiger partial charge in [0.1, 0.15) is 18.3 Å². The van der Waals surface area contributed by atoms with Gasteiger partial charge in [0, 0.05) is 25.8 Å². The molecule has 0 aliphatic carbocycles. The fraction of sp³-hybridized carbons (Fsp3) is 0.350. The van der Waals surface area contributed by atoms with Crippen LogP contribution < -0.4 is 10.9 Å². The molecule has 4 rings (SSSR count). The molecule has 1 saturated heterocycles. The van der Waals surface area contributed by atoms with Crippen LogP contribution in [0.4, 0.5) is 5.69 Å². The zero-order chi connectivity index (χ0) is 20.4. The molecular formula is C20H22N6O3. The van der Waals surface area contributed by atoms with Crippen molar-refractivity contribution in [2.24, 2.45) is 13.0 Å². The van der Waals surface area contributed by atoms with Gasteiger partial charge in [0.25, 0.3) is 5.56 Å². The lowest BCUT2D eigenvalue weighted by atomic mass is 9.97. The molecule has 1 atom stereocenters. The Bertz CT molecular complexity index is 1100. The molecule has 0 radical (unpaired) electrons. The highest BCUT2D eigenvalue weighted by Crippen LogP contribution is 2.19. The normalized spacial score (nSPS) is 16.7. The number of hydrogen-bond donors (Lipinski definition) is 1. The molecule has 150 valence electrons. The molecule has 0 spiro atoms. The number of fused-ring (bicyclic) bond motifs is 1. The van der Waals surface area contributed by atoms with Gasteiger partial charge in [-0.1, -0.05) is 18.2 Å². The minimum Gasteiger partial charge on any atom is -0.340 e. The van der Waals surface area contributed by atoms with Gasteiger partial charge in [0.15, 0.2) is 5.65 Å². The summed E-state index contributed by atoms with van der Waals surface area (Å²) in [5, 5.41) is 7.31. The predicted molar refractivity (Wildman–Crippen MR) is 107 cm³/mol. The molecule has 3 heterocycles. The number of nitrogens with one attached hydrogen (secondary N) is 1. The second kappa shape index (κ2) is 7.86. The van der Waals surface area contributed by atoms with Gasteiger partial charge >= 0.3 is 0 Å². The molecule has 1 aliphatic heterocycles. The van der Waals surface area contributed by atoms with Crippen LogP contribution in [0.1, 0.15) is 12.8 Å². The number of nitrogens with zero attached hydrogens (tertiary/aromatic N) is 5. The number of piperidine rings is 1. The first-order valence-electron chi connectivity index (χ1n) is 9.54. The molecule has 1 N–H and O–H groups in total. The number of hydrogen-bond acceptors (Lipinski definition) is 5. The average molecular weight is 394 g/mol. The molecule has 0 saturated carbocycles. The topological polar surface area (TPSA) is 102 Å². The first-order chi connectivity index (χ1) is 14.0. The van der Waals surface area contributed by atoms with E-state index in [1.165, 1.54) is 21.8 Å². The standard InChI is InChI=1S/C20H22N6O3/c1-24-18-16(10-22-24)20(29)26(13-21-18)12-17(27)25-9-5-6-14(11-25)19(28)23-15-7-3-2-4-8-15/h2-4,7-8,10,13-14H,5-6,9,11-12H2,1H3,(H,23,28)/t14-/m0/s1. The summed E-state index contributed by atoms with van der Waals surface area (Å²) in [6, 6.07) is 9.26. The fourth-order valence-corrected chi connectivity index (χ4v) is 3.61. The third kappa shape index (κ3) is 3.89. The predicted octanol–water partition coefficient (Wildman–Crippen LogP) is 1.01. The SMILES string of the molecule is Cn1ncc2c(=O)n(CC(=O)N3CCC[C@H](C(=O)Nc4ccccc4)C3)cnc21. The van der Waals surface area contributed by atoms with E-state index in [-0.39, 0.29) is 29.8 Å². The van der Waals surface area contributed by atoms with Crippen molar-refractivity contribution in [1.82, 2.24) is 24.2 Å². The molecule has 29 heavy (non-hydrogen) atoms. The summed E-state index contributed by atoms with van der Waals surface area (Å²) < 4.78 is 2.81. The summed E-state index contributed by atoms with van der Waals surface area (Å²) >= 11 is 0. The van der Waals surface area contributed by atoms with Crippen molar-refractivity contribution >= 4 is 28.5 Å². The second-order valence-electron chi connectivity index (χ2n) is 7.22. The van der Waals surface area contributed by atoms with E-state index in [9.17, 15) is 14.4 Å². The highest BCUT2D eigenvalue weighted by Gasteiger charge is 2.28. The third-order valence-electron chi connectivity index (χ3n) is 5.21. The van der Waals surface area contributed by atoms with Gasteiger partial charge in [-0.2, -0.15) is 5.10 Å². The summed E-state index contributed by atoms with van der Waals surface area (Å²) in [6.07, 6.45) is 4.29. The van der Waals surface area contributed by atoms with Crippen LogP contribution in [0.2, 0.25) is 0 Å². The number of aryl methyl sites for hydroxylation is 1. The highest BCUT2D eigenvalue weighted by atomic mass is 16.2. The average Bonchev–Trinajstić information content (AvgIpc) is 3.12. The van der Waals surface area contributed by atoms with Crippen molar-refractivity contribution < 1.29 is 9.59 Å². The van der Waals surface area contributed by atoms with Crippen molar-refractivity contribution in [3.05, 3.63) is 53.2 Å². The quantitative estimate of drug-likeness (QED) is 0.711. The number of aromatic nitrogens is 4.